The second-order valence-corrected chi connectivity index (χ2v) is 10.2. The summed E-state index contributed by atoms with van der Waals surface area (Å²) in [6.07, 6.45) is 31.8. The molecule has 0 saturated heterocycles. The van der Waals surface area contributed by atoms with E-state index in [9.17, 15) is 0 Å². The van der Waals surface area contributed by atoms with Crippen LogP contribution in [-0.4, -0.2) is 17.6 Å². The van der Waals surface area contributed by atoms with Crippen molar-refractivity contribution in [2.75, 3.05) is 11.4 Å². The molecule has 2 heteroatoms. The molecule has 2 rings (SSSR count). The van der Waals surface area contributed by atoms with E-state index in [2.05, 4.69) is 66.4 Å². The van der Waals surface area contributed by atoms with Crippen molar-refractivity contribution in [1.29, 1.82) is 0 Å². The zero-order chi connectivity index (χ0) is 23.4. The first-order chi connectivity index (χ1) is 16.4. The number of rotatable bonds is 21. The Kier molecular flexibility index (Phi) is 15.9. The van der Waals surface area contributed by atoms with Gasteiger partial charge >= 0.3 is 0 Å². The second kappa shape index (κ2) is 18.9. The summed E-state index contributed by atoms with van der Waals surface area (Å²) in [7, 11) is 0. The highest BCUT2D eigenvalue weighted by molar-refractivity contribution is 5.51. The van der Waals surface area contributed by atoms with E-state index in [1.807, 2.05) is 0 Å². The van der Waals surface area contributed by atoms with Gasteiger partial charge in [0.25, 0.3) is 0 Å². The van der Waals surface area contributed by atoms with E-state index in [1.54, 1.807) is 0 Å². The molecule has 0 amide bonds. The van der Waals surface area contributed by atoms with Crippen molar-refractivity contribution in [2.24, 2.45) is 0 Å². The van der Waals surface area contributed by atoms with Gasteiger partial charge in [-0.15, -0.1) is 0 Å². The first kappa shape index (κ1) is 27.8. The van der Waals surface area contributed by atoms with E-state index in [-0.39, 0.29) is 0 Å². The Morgan fingerprint density at radius 3 is 1.58 bits per heavy atom. The van der Waals surface area contributed by atoms with Gasteiger partial charge in [0, 0.05) is 24.6 Å². The van der Waals surface area contributed by atoms with Crippen LogP contribution in [0.5, 0.6) is 0 Å². The fourth-order valence-electron chi connectivity index (χ4n) is 5.15. The molecule has 0 aromatic heterocycles. The van der Waals surface area contributed by atoms with E-state index < -0.39 is 0 Å². The Bertz CT molecular complexity index is 582. The SMILES string of the molecule is CCCCCCCCCCCCCCCC1N(CCCCCCC)C=CN1c1ccccc1. The smallest absolute Gasteiger partial charge is 0.105 e. The molecular weight excluding hydrogens is 400 g/mol. The number of nitrogens with zero attached hydrogens (tertiary/aromatic N) is 2. The average Bonchev–Trinajstić information content (AvgIpc) is 3.25. The van der Waals surface area contributed by atoms with Crippen LogP contribution in [0.2, 0.25) is 0 Å². The largest absolute Gasteiger partial charge is 0.356 e. The number of anilines is 1. The third-order valence-electron chi connectivity index (χ3n) is 7.26. The zero-order valence-electron chi connectivity index (χ0n) is 22.2. The van der Waals surface area contributed by atoms with E-state index in [1.165, 1.54) is 134 Å². The summed E-state index contributed by atoms with van der Waals surface area (Å²) < 4.78 is 0. The third kappa shape index (κ3) is 12.0. The van der Waals surface area contributed by atoms with E-state index in [0.29, 0.717) is 6.17 Å². The normalized spacial score (nSPS) is 15.6. The van der Waals surface area contributed by atoms with Crippen molar-refractivity contribution in [3.8, 4) is 0 Å². The lowest BCUT2D eigenvalue weighted by atomic mass is 10.0. The first-order valence-electron chi connectivity index (χ1n) is 14.6. The van der Waals surface area contributed by atoms with Crippen LogP contribution >= 0.6 is 0 Å². The summed E-state index contributed by atoms with van der Waals surface area (Å²) >= 11 is 0. The summed E-state index contributed by atoms with van der Waals surface area (Å²) in [5.41, 5.74) is 1.34. The Hall–Kier alpha value is -1.44. The maximum atomic E-state index is 2.61. The molecule has 0 N–H and O–H groups in total. The molecule has 1 aliphatic rings. The molecule has 1 atom stereocenters. The number of para-hydroxylation sites is 1. The number of benzene rings is 1. The predicted molar refractivity (Wildman–Crippen MR) is 148 cm³/mol. The van der Waals surface area contributed by atoms with Gasteiger partial charge in [-0.1, -0.05) is 135 Å². The fourth-order valence-corrected chi connectivity index (χ4v) is 5.15. The Morgan fingerprint density at radius 1 is 0.545 bits per heavy atom. The first-order valence-corrected chi connectivity index (χ1v) is 14.6. The van der Waals surface area contributed by atoms with Crippen LogP contribution in [0, 0.1) is 0 Å². The van der Waals surface area contributed by atoms with Crippen LogP contribution in [0.4, 0.5) is 5.69 Å². The molecule has 0 fully saturated rings. The highest BCUT2D eigenvalue weighted by Gasteiger charge is 2.26. The van der Waals surface area contributed by atoms with Crippen molar-refractivity contribution in [1.82, 2.24) is 4.90 Å². The minimum absolute atomic E-state index is 0.506. The number of unbranched alkanes of at least 4 members (excludes halogenated alkanes) is 16. The highest BCUT2D eigenvalue weighted by atomic mass is 15.4. The summed E-state index contributed by atoms with van der Waals surface area (Å²) in [6.45, 7) is 5.80. The minimum atomic E-state index is 0.506. The number of hydrogen-bond acceptors (Lipinski definition) is 2. The quantitative estimate of drug-likeness (QED) is 0.170. The van der Waals surface area contributed by atoms with Gasteiger partial charge < -0.3 is 9.80 Å². The molecule has 0 radical (unpaired) electrons. The lowest BCUT2D eigenvalue weighted by Crippen LogP contribution is -2.39. The summed E-state index contributed by atoms with van der Waals surface area (Å²) in [5.74, 6) is 0. The predicted octanol–water partition coefficient (Wildman–Crippen LogP) is 10.1. The van der Waals surface area contributed by atoms with Gasteiger partial charge in [0.2, 0.25) is 0 Å². The van der Waals surface area contributed by atoms with Gasteiger partial charge in [0.05, 0.1) is 0 Å². The molecule has 0 saturated carbocycles. The monoisotopic (exact) mass is 454 g/mol. The molecular formula is C31H54N2. The Balaban J connectivity index is 1.61. The van der Waals surface area contributed by atoms with Crippen molar-refractivity contribution >= 4 is 5.69 Å². The molecule has 1 aromatic carbocycles. The topological polar surface area (TPSA) is 6.48 Å². The minimum Gasteiger partial charge on any atom is -0.356 e. The summed E-state index contributed by atoms with van der Waals surface area (Å²) in [5, 5.41) is 0. The lowest BCUT2D eigenvalue weighted by Gasteiger charge is -2.33. The standard InChI is InChI=1S/C31H54N2/c1-3-5-7-9-10-11-12-13-14-15-16-17-22-26-31-32(27-23-18-8-6-4-2)28-29-33(31)30-24-20-19-21-25-30/h19-21,24-25,28-29,31H,3-18,22-23,26-27H2,1-2H3. The maximum absolute atomic E-state index is 2.61. The molecule has 1 unspecified atom stereocenters. The Morgan fingerprint density at radius 2 is 1.03 bits per heavy atom. The van der Waals surface area contributed by atoms with Crippen molar-refractivity contribution < 1.29 is 0 Å². The number of hydrogen-bond donors (Lipinski definition) is 0. The van der Waals surface area contributed by atoms with E-state index >= 15 is 0 Å². The van der Waals surface area contributed by atoms with Crippen LogP contribution in [0.25, 0.3) is 0 Å². The lowest BCUT2D eigenvalue weighted by molar-refractivity contribution is 0.273. The van der Waals surface area contributed by atoms with Crippen LogP contribution in [0.15, 0.2) is 42.7 Å². The third-order valence-corrected chi connectivity index (χ3v) is 7.26. The molecule has 0 bridgehead atoms. The second-order valence-electron chi connectivity index (χ2n) is 10.2. The summed E-state index contributed by atoms with van der Waals surface area (Å²) in [6, 6.07) is 11.0. The molecule has 188 valence electrons. The van der Waals surface area contributed by atoms with Crippen LogP contribution in [0.1, 0.15) is 136 Å². The van der Waals surface area contributed by atoms with Crippen LogP contribution < -0.4 is 4.90 Å². The Labute approximate surface area is 206 Å². The average molecular weight is 455 g/mol. The van der Waals surface area contributed by atoms with Gasteiger partial charge in [-0.2, -0.15) is 0 Å². The van der Waals surface area contributed by atoms with Gasteiger partial charge in [-0.25, -0.2) is 0 Å². The molecule has 33 heavy (non-hydrogen) atoms. The fraction of sp³-hybridized carbons (Fsp3) is 0.742. The molecule has 0 aliphatic carbocycles. The van der Waals surface area contributed by atoms with Crippen molar-refractivity contribution in [3.05, 3.63) is 42.7 Å². The highest BCUT2D eigenvalue weighted by Crippen LogP contribution is 2.28. The maximum Gasteiger partial charge on any atom is 0.105 e. The van der Waals surface area contributed by atoms with Gasteiger partial charge in [0.1, 0.15) is 6.17 Å². The van der Waals surface area contributed by atoms with Gasteiger partial charge in [-0.3, -0.25) is 0 Å². The molecule has 1 heterocycles. The van der Waals surface area contributed by atoms with E-state index in [4.69, 9.17) is 0 Å². The van der Waals surface area contributed by atoms with E-state index in [0.717, 1.165) is 0 Å². The molecule has 0 spiro atoms. The summed E-state index contributed by atoms with van der Waals surface area (Å²) in [4.78, 5) is 5.12. The van der Waals surface area contributed by atoms with Crippen LogP contribution in [0.3, 0.4) is 0 Å². The van der Waals surface area contributed by atoms with Crippen molar-refractivity contribution in [2.45, 2.75) is 142 Å². The van der Waals surface area contributed by atoms with Crippen LogP contribution in [-0.2, 0) is 0 Å². The van der Waals surface area contributed by atoms with Crippen molar-refractivity contribution in [3.63, 3.8) is 0 Å². The zero-order valence-corrected chi connectivity index (χ0v) is 22.2. The molecule has 2 nitrogen and oxygen atoms in total. The van der Waals surface area contributed by atoms with Gasteiger partial charge in [-0.05, 0) is 31.4 Å². The molecule has 1 aliphatic heterocycles. The van der Waals surface area contributed by atoms with Gasteiger partial charge in [0.15, 0.2) is 0 Å². The molecule has 1 aromatic rings.